The Kier molecular flexibility index (Phi) is 6.42. The number of hydrogen-bond donors (Lipinski definition) is 1. The third-order valence-corrected chi connectivity index (χ3v) is 5.82. The molecule has 0 radical (unpaired) electrons. The van der Waals surface area contributed by atoms with Gasteiger partial charge >= 0.3 is 0 Å². The van der Waals surface area contributed by atoms with Gasteiger partial charge in [-0.25, -0.2) is 8.42 Å². The minimum absolute atomic E-state index is 0.0326. The van der Waals surface area contributed by atoms with Gasteiger partial charge in [0, 0.05) is 10.6 Å². The molecule has 0 fully saturated rings. The lowest BCUT2D eigenvalue weighted by Gasteiger charge is -2.28. The molecule has 1 amide bonds. The maximum absolute atomic E-state index is 12.6. The Morgan fingerprint density at radius 2 is 1.93 bits per heavy atom. The fourth-order valence-electron chi connectivity index (χ4n) is 2.88. The molecule has 3 rings (SSSR count). The number of aromatic nitrogens is 2. The van der Waals surface area contributed by atoms with Crippen molar-refractivity contribution in [3.8, 4) is 11.4 Å². The molecule has 2 aromatic carbocycles. The van der Waals surface area contributed by atoms with Crippen molar-refractivity contribution in [2.45, 2.75) is 26.4 Å². The lowest BCUT2D eigenvalue weighted by molar-refractivity contribution is -0.122. The normalized spacial score (nSPS) is 12.4. The summed E-state index contributed by atoms with van der Waals surface area (Å²) in [4.78, 5) is 16.9. The van der Waals surface area contributed by atoms with Gasteiger partial charge < -0.3 is 9.84 Å². The molecule has 1 aromatic heterocycles. The van der Waals surface area contributed by atoms with Gasteiger partial charge in [0.2, 0.25) is 27.6 Å². The molecule has 0 saturated carbocycles. The van der Waals surface area contributed by atoms with Gasteiger partial charge in [0.05, 0.1) is 18.5 Å². The number of nitrogens with one attached hydrogen (secondary N) is 1. The van der Waals surface area contributed by atoms with E-state index in [2.05, 4.69) is 15.5 Å². The van der Waals surface area contributed by atoms with Crippen molar-refractivity contribution in [3.63, 3.8) is 0 Å². The summed E-state index contributed by atoms with van der Waals surface area (Å²) >= 11 is 5.98. The van der Waals surface area contributed by atoms with Gasteiger partial charge in [0.25, 0.3) is 0 Å². The highest BCUT2D eigenvalue weighted by atomic mass is 35.5. The molecule has 0 spiro atoms. The SMILES string of the molecule is Cc1ccc(-c2noc(CNC(=O)C(C)N(c3cccc(Cl)c3)S(C)(=O)=O)n2)cc1. The molecule has 3 aromatic rings. The topological polar surface area (TPSA) is 105 Å². The average molecular weight is 449 g/mol. The molecule has 0 aliphatic heterocycles. The maximum Gasteiger partial charge on any atom is 0.246 e. The van der Waals surface area contributed by atoms with Crippen LogP contribution in [0.15, 0.2) is 53.1 Å². The zero-order valence-electron chi connectivity index (χ0n) is 16.7. The summed E-state index contributed by atoms with van der Waals surface area (Å²) in [6, 6.07) is 12.9. The van der Waals surface area contributed by atoms with Gasteiger partial charge in [-0.3, -0.25) is 9.10 Å². The Morgan fingerprint density at radius 1 is 1.23 bits per heavy atom. The molecule has 1 atom stereocenters. The first kappa shape index (κ1) is 21.8. The molecule has 1 unspecified atom stereocenters. The van der Waals surface area contributed by atoms with Gasteiger partial charge in [-0.2, -0.15) is 4.98 Å². The monoisotopic (exact) mass is 448 g/mol. The number of anilines is 1. The average Bonchev–Trinajstić information content (AvgIpc) is 3.14. The third-order valence-electron chi connectivity index (χ3n) is 4.34. The summed E-state index contributed by atoms with van der Waals surface area (Å²) < 4.78 is 30.8. The van der Waals surface area contributed by atoms with E-state index in [0.29, 0.717) is 16.5 Å². The fraction of sp³-hybridized carbons (Fsp3) is 0.250. The van der Waals surface area contributed by atoms with E-state index in [9.17, 15) is 13.2 Å². The molecule has 8 nitrogen and oxygen atoms in total. The number of sulfonamides is 1. The highest BCUT2D eigenvalue weighted by Crippen LogP contribution is 2.24. The first-order valence-corrected chi connectivity index (χ1v) is 11.3. The highest BCUT2D eigenvalue weighted by molar-refractivity contribution is 7.92. The van der Waals surface area contributed by atoms with Crippen LogP contribution >= 0.6 is 11.6 Å². The Morgan fingerprint density at radius 3 is 2.57 bits per heavy atom. The zero-order chi connectivity index (χ0) is 21.9. The molecule has 158 valence electrons. The molecule has 1 N–H and O–H groups in total. The van der Waals surface area contributed by atoms with Crippen LogP contribution in [0.1, 0.15) is 18.4 Å². The molecule has 10 heteroatoms. The van der Waals surface area contributed by atoms with Crippen LogP contribution in [0.25, 0.3) is 11.4 Å². The number of amides is 1. The van der Waals surface area contributed by atoms with E-state index in [0.717, 1.165) is 21.7 Å². The van der Waals surface area contributed by atoms with Gasteiger partial charge in [-0.15, -0.1) is 0 Å². The number of carbonyl (C=O) groups excluding carboxylic acids is 1. The highest BCUT2D eigenvalue weighted by Gasteiger charge is 2.29. The van der Waals surface area contributed by atoms with Crippen molar-refractivity contribution in [2.24, 2.45) is 0 Å². The number of halogens is 1. The minimum atomic E-state index is -3.73. The Bertz CT molecular complexity index is 1150. The fourth-order valence-corrected chi connectivity index (χ4v) is 4.23. The first-order valence-electron chi connectivity index (χ1n) is 9.07. The van der Waals surface area contributed by atoms with E-state index >= 15 is 0 Å². The standard InChI is InChI=1S/C20H21ClN4O4S/c1-13-7-9-15(10-8-13)19-23-18(29-24-19)12-22-20(26)14(2)25(30(3,27)28)17-6-4-5-16(21)11-17/h4-11,14H,12H2,1-3H3,(H,22,26). The van der Waals surface area contributed by atoms with E-state index in [1.165, 1.54) is 13.0 Å². The molecule has 0 aliphatic rings. The molecule has 1 heterocycles. The van der Waals surface area contributed by atoms with Crippen molar-refractivity contribution < 1.29 is 17.7 Å². The number of benzene rings is 2. The number of carbonyl (C=O) groups is 1. The molecular weight excluding hydrogens is 428 g/mol. The van der Waals surface area contributed by atoms with E-state index in [1.54, 1.807) is 18.2 Å². The van der Waals surface area contributed by atoms with Gasteiger partial charge in [-0.1, -0.05) is 52.7 Å². The molecule has 30 heavy (non-hydrogen) atoms. The van der Waals surface area contributed by atoms with E-state index < -0.39 is 22.0 Å². The summed E-state index contributed by atoms with van der Waals surface area (Å²) in [5, 5.41) is 6.91. The smallest absolute Gasteiger partial charge is 0.246 e. The first-order chi connectivity index (χ1) is 14.1. The largest absolute Gasteiger partial charge is 0.345 e. The van der Waals surface area contributed by atoms with Crippen LogP contribution in [0, 0.1) is 6.92 Å². The molecule has 0 bridgehead atoms. The molecular formula is C20H21ClN4O4S. The van der Waals surface area contributed by atoms with Crippen LogP contribution < -0.4 is 9.62 Å². The summed E-state index contributed by atoms with van der Waals surface area (Å²) in [5.74, 6) is 0.0965. The van der Waals surface area contributed by atoms with Crippen LogP contribution in [-0.4, -0.2) is 36.8 Å². The van der Waals surface area contributed by atoms with E-state index in [4.69, 9.17) is 16.1 Å². The minimum Gasteiger partial charge on any atom is -0.345 e. The van der Waals surface area contributed by atoms with Gasteiger partial charge in [0.15, 0.2) is 0 Å². The van der Waals surface area contributed by atoms with Crippen molar-refractivity contribution >= 4 is 33.2 Å². The Labute approximate surface area is 179 Å². The number of aryl methyl sites for hydroxylation is 1. The summed E-state index contributed by atoms with van der Waals surface area (Å²) in [7, 11) is -3.73. The number of nitrogens with zero attached hydrogens (tertiary/aromatic N) is 3. The Balaban J connectivity index is 1.71. The lowest BCUT2D eigenvalue weighted by Crippen LogP contribution is -2.47. The molecule has 0 aliphatic carbocycles. The van der Waals surface area contributed by atoms with E-state index in [-0.39, 0.29) is 12.4 Å². The number of rotatable bonds is 7. The molecule has 0 saturated heterocycles. The van der Waals surface area contributed by atoms with Crippen LogP contribution in [0.3, 0.4) is 0 Å². The van der Waals surface area contributed by atoms with Crippen LogP contribution in [0.5, 0.6) is 0 Å². The van der Waals surface area contributed by atoms with Crippen LogP contribution in [0.4, 0.5) is 5.69 Å². The predicted molar refractivity (Wildman–Crippen MR) is 115 cm³/mol. The van der Waals surface area contributed by atoms with Crippen molar-refractivity contribution in [2.75, 3.05) is 10.6 Å². The second-order valence-electron chi connectivity index (χ2n) is 6.81. The van der Waals surface area contributed by atoms with Crippen molar-refractivity contribution in [3.05, 3.63) is 65.0 Å². The van der Waals surface area contributed by atoms with Gasteiger partial charge in [0.1, 0.15) is 6.04 Å². The third kappa shape index (κ3) is 5.17. The second kappa shape index (κ2) is 8.85. The van der Waals surface area contributed by atoms with Crippen LogP contribution in [0.2, 0.25) is 5.02 Å². The second-order valence-corrected chi connectivity index (χ2v) is 9.11. The van der Waals surface area contributed by atoms with E-state index in [1.807, 2.05) is 31.2 Å². The number of hydrogen-bond acceptors (Lipinski definition) is 6. The van der Waals surface area contributed by atoms with Crippen molar-refractivity contribution in [1.82, 2.24) is 15.5 Å². The maximum atomic E-state index is 12.6. The van der Waals surface area contributed by atoms with Crippen molar-refractivity contribution in [1.29, 1.82) is 0 Å². The lowest BCUT2D eigenvalue weighted by atomic mass is 10.1. The Hall–Kier alpha value is -2.91. The zero-order valence-corrected chi connectivity index (χ0v) is 18.2. The quantitative estimate of drug-likeness (QED) is 0.595. The summed E-state index contributed by atoms with van der Waals surface area (Å²) in [6.07, 6.45) is 1.03. The van der Waals surface area contributed by atoms with Gasteiger partial charge in [-0.05, 0) is 32.0 Å². The summed E-state index contributed by atoms with van der Waals surface area (Å²) in [5.41, 5.74) is 2.20. The summed E-state index contributed by atoms with van der Waals surface area (Å²) in [6.45, 7) is 3.43. The predicted octanol–water partition coefficient (Wildman–Crippen LogP) is 3.17. The van der Waals surface area contributed by atoms with Crippen LogP contribution in [-0.2, 0) is 21.4 Å².